The summed E-state index contributed by atoms with van der Waals surface area (Å²) in [6, 6.07) is 14.6. The fraction of sp³-hybridized carbons (Fsp3) is 0.400. The highest BCUT2D eigenvalue weighted by Crippen LogP contribution is 2.42. The van der Waals surface area contributed by atoms with Gasteiger partial charge in [0.25, 0.3) is 0 Å². The molecule has 1 aromatic heterocycles. The number of nitrogens with one attached hydrogen (secondary N) is 2. The normalized spacial score (nSPS) is 26.9. The summed E-state index contributed by atoms with van der Waals surface area (Å²) in [6.07, 6.45) is 2.26. The summed E-state index contributed by atoms with van der Waals surface area (Å²) in [5.41, 5.74) is 1.19. The molecule has 1 saturated heterocycles. The van der Waals surface area contributed by atoms with E-state index in [1.807, 2.05) is 37.4 Å². The minimum absolute atomic E-state index is 0.175. The summed E-state index contributed by atoms with van der Waals surface area (Å²) in [6.45, 7) is 2.15. The van der Waals surface area contributed by atoms with Crippen LogP contribution in [0.4, 0.5) is 14.9 Å². The van der Waals surface area contributed by atoms with E-state index in [1.54, 1.807) is 17.4 Å². The first-order chi connectivity index (χ1) is 15.6. The molecule has 2 aromatic carbocycles. The van der Waals surface area contributed by atoms with Crippen LogP contribution >= 0.6 is 11.3 Å². The Labute approximate surface area is 190 Å². The Hall–Kier alpha value is -2.48. The fourth-order valence-corrected chi connectivity index (χ4v) is 5.93. The van der Waals surface area contributed by atoms with E-state index in [0.29, 0.717) is 23.6 Å². The SMILES string of the molecule is CC[C@H]1C[C@H](OC(=O)Nc2ccc(F)cc2-c2cc3ccccc3s2)C[C@@H](NC)[C@H]2O[C@@H]12. The quantitative estimate of drug-likeness (QED) is 0.478. The highest BCUT2D eigenvalue weighted by molar-refractivity contribution is 7.22. The van der Waals surface area contributed by atoms with E-state index in [2.05, 4.69) is 17.6 Å². The van der Waals surface area contributed by atoms with Crippen molar-refractivity contribution in [3.63, 3.8) is 0 Å². The molecule has 5 nitrogen and oxygen atoms in total. The van der Waals surface area contributed by atoms with Crippen molar-refractivity contribution in [2.24, 2.45) is 5.92 Å². The minimum Gasteiger partial charge on any atom is -0.446 e. The molecule has 3 aromatic rings. The van der Waals surface area contributed by atoms with Gasteiger partial charge in [0.1, 0.15) is 11.9 Å². The number of anilines is 1. The Kier molecular flexibility index (Phi) is 5.88. The van der Waals surface area contributed by atoms with Crippen LogP contribution in [0.15, 0.2) is 48.5 Å². The van der Waals surface area contributed by atoms with Gasteiger partial charge in [0.2, 0.25) is 0 Å². The van der Waals surface area contributed by atoms with Gasteiger partial charge in [0.15, 0.2) is 0 Å². The van der Waals surface area contributed by atoms with E-state index in [9.17, 15) is 9.18 Å². The standard InChI is InChI=1S/C25H27FN2O3S/c1-3-14-10-17(13-20(27-2)24-23(14)31-24)30-25(29)28-19-9-8-16(26)12-18(19)22-11-15-6-4-5-7-21(15)32-22/h4-9,11-12,14,17,20,23-24,27H,3,10,13H2,1-2H3,(H,28,29)/t14-,17-,20+,23-,24+/m0/s1. The molecule has 0 bridgehead atoms. The number of fused-ring (bicyclic) bond motifs is 2. The summed E-state index contributed by atoms with van der Waals surface area (Å²) in [7, 11) is 1.92. The molecule has 168 valence electrons. The maximum Gasteiger partial charge on any atom is 0.411 e. The van der Waals surface area contributed by atoms with Crippen molar-refractivity contribution in [1.29, 1.82) is 0 Å². The number of hydrogen-bond acceptors (Lipinski definition) is 5. The van der Waals surface area contributed by atoms with Gasteiger partial charge in [-0.25, -0.2) is 9.18 Å². The highest BCUT2D eigenvalue weighted by atomic mass is 32.1. The topological polar surface area (TPSA) is 62.9 Å². The Morgan fingerprint density at radius 1 is 1.19 bits per heavy atom. The molecule has 0 unspecified atom stereocenters. The van der Waals surface area contributed by atoms with Crippen LogP contribution in [0.3, 0.4) is 0 Å². The summed E-state index contributed by atoms with van der Waals surface area (Å²) in [5.74, 6) is 0.0399. The second kappa shape index (κ2) is 8.81. The zero-order valence-corrected chi connectivity index (χ0v) is 19.0. The lowest BCUT2D eigenvalue weighted by Crippen LogP contribution is -2.35. The van der Waals surface area contributed by atoms with E-state index >= 15 is 0 Å². The number of hydrogen-bond donors (Lipinski definition) is 2. The van der Waals surface area contributed by atoms with E-state index < -0.39 is 6.09 Å². The third-order valence-corrected chi connectivity index (χ3v) is 7.73. The molecule has 0 radical (unpaired) electrons. The number of thiophene rings is 1. The average Bonchev–Trinajstić information content (AvgIpc) is 3.48. The number of likely N-dealkylation sites (N-methyl/N-ethyl adjacent to an activating group) is 1. The molecular formula is C25H27FN2O3S. The van der Waals surface area contributed by atoms with Gasteiger partial charge in [0.05, 0.1) is 17.9 Å². The molecule has 1 aliphatic carbocycles. The number of ether oxygens (including phenoxy) is 2. The van der Waals surface area contributed by atoms with Gasteiger partial charge in [-0.2, -0.15) is 0 Å². The molecule has 1 aliphatic heterocycles. The number of benzene rings is 2. The van der Waals surface area contributed by atoms with Crippen molar-refractivity contribution in [3.05, 3.63) is 54.3 Å². The summed E-state index contributed by atoms with van der Waals surface area (Å²) in [4.78, 5) is 13.7. The number of halogens is 1. The van der Waals surface area contributed by atoms with Crippen LogP contribution in [-0.2, 0) is 9.47 Å². The molecule has 5 atom stereocenters. The molecule has 1 saturated carbocycles. The van der Waals surface area contributed by atoms with E-state index in [1.165, 1.54) is 12.1 Å². The molecule has 7 heteroatoms. The van der Waals surface area contributed by atoms with Crippen LogP contribution in [0.5, 0.6) is 0 Å². The van der Waals surface area contributed by atoms with Gasteiger partial charge < -0.3 is 14.8 Å². The molecule has 1 amide bonds. The second-order valence-corrected chi connectivity index (χ2v) is 9.67. The van der Waals surface area contributed by atoms with Gasteiger partial charge in [-0.3, -0.25) is 5.32 Å². The van der Waals surface area contributed by atoms with Crippen molar-refractivity contribution in [2.45, 2.75) is 50.5 Å². The zero-order chi connectivity index (χ0) is 22.2. The lowest BCUT2D eigenvalue weighted by Gasteiger charge is -2.23. The van der Waals surface area contributed by atoms with Crippen molar-refractivity contribution in [2.75, 3.05) is 12.4 Å². The monoisotopic (exact) mass is 454 g/mol. The van der Waals surface area contributed by atoms with E-state index in [4.69, 9.17) is 9.47 Å². The fourth-order valence-electron chi connectivity index (χ4n) is 4.84. The predicted octanol–water partition coefficient (Wildman–Crippen LogP) is 5.80. The number of epoxide rings is 1. The van der Waals surface area contributed by atoms with Crippen molar-refractivity contribution < 1.29 is 18.7 Å². The number of carbonyl (C=O) groups excluding carboxylic acids is 1. The maximum absolute atomic E-state index is 14.1. The van der Waals surface area contributed by atoms with Crippen LogP contribution in [0, 0.1) is 11.7 Å². The number of rotatable bonds is 5. The molecule has 2 fully saturated rings. The highest BCUT2D eigenvalue weighted by Gasteiger charge is 2.52. The lowest BCUT2D eigenvalue weighted by atomic mass is 9.96. The first-order valence-electron chi connectivity index (χ1n) is 11.1. The summed E-state index contributed by atoms with van der Waals surface area (Å²) in [5, 5.41) is 7.26. The second-order valence-electron chi connectivity index (χ2n) is 8.59. The van der Waals surface area contributed by atoms with Crippen LogP contribution < -0.4 is 10.6 Å². The molecule has 32 heavy (non-hydrogen) atoms. The third kappa shape index (κ3) is 4.25. The summed E-state index contributed by atoms with van der Waals surface area (Å²) >= 11 is 1.57. The zero-order valence-electron chi connectivity index (χ0n) is 18.1. The van der Waals surface area contributed by atoms with Crippen LogP contribution in [0.2, 0.25) is 0 Å². The van der Waals surface area contributed by atoms with Crippen LogP contribution in [-0.4, -0.2) is 37.5 Å². The van der Waals surface area contributed by atoms with Gasteiger partial charge in [0, 0.05) is 27.6 Å². The Balaban J connectivity index is 1.34. The third-order valence-electron chi connectivity index (χ3n) is 6.58. The summed E-state index contributed by atoms with van der Waals surface area (Å²) < 4.78 is 26.9. The maximum atomic E-state index is 14.1. The van der Waals surface area contributed by atoms with Crippen LogP contribution in [0.1, 0.15) is 26.2 Å². The van der Waals surface area contributed by atoms with E-state index in [0.717, 1.165) is 27.8 Å². The van der Waals surface area contributed by atoms with Crippen molar-refractivity contribution in [3.8, 4) is 10.4 Å². The molecule has 2 heterocycles. The smallest absolute Gasteiger partial charge is 0.411 e. The van der Waals surface area contributed by atoms with Crippen molar-refractivity contribution in [1.82, 2.24) is 5.32 Å². The number of amides is 1. The van der Waals surface area contributed by atoms with Gasteiger partial charge in [-0.1, -0.05) is 31.5 Å². The first kappa shape index (κ1) is 21.4. The molecule has 2 N–H and O–H groups in total. The number of carbonyl (C=O) groups is 1. The predicted molar refractivity (Wildman–Crippen MR) is 126 cm³/mol. The molecule has 0 spiro atoms. The minimum atomic E-state index is -0.509. The molecule has 5 rings (SSSR count). The Morgan fingerprint density at radius 3 is 2.81 bits per heavy atom. The van der Waals surface area contributed by atoms with Crippen LogP contribution in [0.25, 0.3) is 20.5 Å². The molecular weight excluding hydrogens is 427 g/mol. The lowest BCUT2D eigenvalue weighted by molar-refractivity contribution is 0.0742. The van der Waals surface area contributed by atoms with E-state index in [-0.39, 0.29) is 30.2 Å². The Morgan fingerprint density at radius 2 is 2.03 bits per heavy atom. The Bertz CT molecular complexity index is 1080. The first-order valence-corrected chi connectivity index (χ1v) is 12.0. The average molecular weight is 455 g/mol. The van der Waals surface area contributed by atoms with Gasteiger partial charge >= 0.3 is 6.09 Å². The van der Waals surface area contributed by atoms with Gasteiger partial charge in [-0.15, -0.1) is 11.3 Å². The van der Waals surface area contributed by atoms with Gasteiger partial charge in [-0.05, 0) is 55.1 Å². The largest absolute Gasteiger partial charge is 0.446 e. The molecule has 2 aliphatic rings. The van der Waals surface area contributed by atoms with Crippen molar-refractivity contribution >= 4 is 33.2 Å².